The van der Waals surface area contributed by atoms with Gasteiger partial charge in [0.15, 0.2) is 0 Å². The average Bonchev–Trinajstić information content (AvgIpc) is 1.98. The fraction of sp³-hybridized carbons (Fsp3) is 0.600. The number of hydrogen-bond donors (Lipinski definition) is 0. The van der Waals surface area contributed by atoms with Crippen LogP contribution < -0.4 is 0 Å². The first-order valence-corrected chi connectivity index (χ1v) is 5.68. The molecule has 0 amide bonds. The molecule has 0 saturated heterocycles. The van der Waals surface area contributed by atoms with Gasteiger partial charge in [-0.1, -0.05) is 26.0 Å². The second-order valence-electron chi connectivity index (χ2n) is 3.69. The van der Waals surface area contributed by atoms with Gasteiger partial charge in [0, 0.05) is 0 Å². The van der Waals surface area contributed by atoms with E-state index in [2.05, 4.69) is 58.4 Å². The molecule has 0 atom stereocenters. The quantitative estimate of drug-likeness (QED) is 0.626. The van der Waals surface area contributed by atoms with Crippen LogP contribution in [-0.4, -0.2) is 0 Å². The van der Waals surface area contributed by atoms with Gasteiger partial charge in [0.25, 0.3) is 0 Å². The summed E-state index contributed by atoms with van der Waals surface area (Å²) in [7, 11) is 0. The Morgan fingerprint density at radius 3 is 2.42 bits per heavy atom. The molecule has 0 unspecified atom stereocenters. The van der Waals surface area contributed by atoms with Gasteiger partial charge in [0.2, 0.25) is 0 Å². The number of hydrogen-bond acceptors (Lipinski definition) is 0. The largest absolute Gasteiger partial charge is 0.103 e. The van der Waals surface area contributed by atoms with Crippen LogP contribution in [0.2, 0.25) is 0 Å². The average molecular weight is 296 g/mol. The molecule has 0 nitrogen and oxygen atoms in total. The highest BCUT2D eigenvalue weighted by molar-refractivity contribution is 9.28. The van der Waals surface area contributed by atoms with Crippen molar-refractivity contribution in [2.45, 2.75) is 33.1 Å². The van der Waals surface area contributed by atoms with Gasteiger partial charge in [-0.3, -0.25) is 0 Å². The fourth-order valence-electron chi connectivity index (χ4n) is 0.948. The summed E-state index contributed by atoms with van der Waals surface area (Å²) in [4.78, 5) is 0. The topological polar surface area (TPSA) is 0 Å². The Bertz CT molecular complexity index is 165. The van der Waals surface area contributed by atoms with E-state index in [1.807, 2.05) is 6.08 Å². The maximum atomic E-state index is 3.73. The van der Waals surface area contributed by atoms with Crippen molar-refractivity contribution in [3.63, 3.8) is 0 Å². The van der Waals surface area contributed by atoms with E-state index in [0.717, 1.165) is 16.2 Å². The summed E-state index contributed by atoms with van der Waals surface area (Å²) >= 11 is 6.71. The summed E-state index contributed by atoms with van der Waals surface area (Å²) in [6, 6.07) is 0. The Balaban J connectivity index is 3.86. The zero-order valence-electron chi connectivity index (χ0n) is 7.74. The van der Waals surface area contributed by atoms with Crippen LogP contribution in [0.4, 0.5) is 0 Å². The molecule has 0 aromatic carbocycles. The highest BCUT2D eigenvalue weighted by atomic mass is 79.9. The molecule has 0 spiro atoms. The van der Waals surface area contributed by atoms with Crippen molar-refractivity contribution in [2.75, 3.05) is 0 Å². The summed E-state index contributed by atoms with van der Waals surface area (Å²) in [5.74, 6) is 0. The molecule has 12 heavy (non-hydrogen) atoms. The normalized spacial score (nSPS) is 11.0. The van der Waals surface area contributed by atoms with Gasteiger partial charge < -0.3 is 0 Å². The van der Waals surface area contributed by atoms with E-state index in [1.54, 1.807) is 0 Å². The third-order valence-electron chi connectivity index (χ3n) is 1.83. The third-order valence-corrected chi connectivity index (χ3v) is 2.48. The molecule has 0 aliphatic rings. The summed E-state index contributed by atoms with van der Waals surface area (Å²) < 4.78 is 1.04. The van der Waals surface area contributed by atoms with E-state index >= 15 is 0 Å². The highest BCUT2D eigenvalue weighted by Crippen LogP contribution is 2.29. The molecule has 0 N–H and O–H groups in total. The van der Waals surface area contributed by atoms with E-state index in [1.165, 1.54) is 6.42 Å². The maximum Gasteiger partial charge on any atom is 0.0564 e. The molecule has 0 heterocycles. The van der Waals surface area contributed by atoms with Crippen molar-refractivity contribution in [1.82, 2.24) is 0 Å². The Morgan fingerprint density at radius 1 is 1.42 bits per heavy atom. The minimum absolute atomic E-state index is 0.376. The smallest absolute Gasteiger partial charge is 0.0564 e. The molecule has 0 aromatic heterocycles. The molecular formula is C10H16Br2. The fourth-order valence-corrected chi connectivity index (χ4v) is 1.27. The number of rotatable bonds is 5. The molecule has 0 aliphatic heterocycles. The molecule has 0 rings (SSSR count). The van der Waals surface area contributed by atoms with E-state index in [4.69, 9.17) is 0 Å². The van der Waals surface area contributed by atoms with Crippen LogP contribution in [0.15, 0.2) is 22.1 Å². The molecule has 0 aliphatic carbocycles. The molecular weight excluding hydrogens is 280 g/mol. The van der Waals surface area contributed by atoms with Crippen molar-refractivity contribution < 1.29 is 0 Å². The van der Waals surface area contributed by atoms with Crippen LogP contribution in [-0.2, 0) is 0 Å². The van der Waals surface area contributed by atoms with Crippen LogP contribution in [0.5, 0.6) is 0 Å². The first-order chi connectivity index (χ1) is 5.48. The summed E-state index contributed by atoms with van der Waals surface area (Å²) in [6.07, 6.45) is 7.52. The van der Waals surface area contributed by atoms with Crippen molar-refractivity contribution in [3.05, 3.63) is 22.1 Å². The second kappa shape index (κ2) is 5.98. The first kappa shape index (κ1) is 12.4. The predicted octanol–water partition coefficient (Wildman–Crippen LogP) is 5.00. The Kier molecular flexibility index (Phi) is 6.20. The molecule has 0 fully saturated rings. The van der Waals surface area contributed by atoms with Crippen LogP contribution in [0.25, 0.3) is 0 Å². The third kappa shape index (κ3) is 7.11. The van der Waals surface area contributed by atoms with Crippen molar-refractivity contribution >= 4 is 31.9 Å². The van der Waals surface area contributed by atoms with Gasteiger partial charge in [-0.2, -0.15) is 0 Å². The van der Waals surface area contributed by atoms with Gasteiger partial charge in [0.1, 0.15) is 0 Å². The van der Waals surface area contributed by atoms with Gasteiger partial charge in [-0.25, -0.2) is 0 Å². The van der Waals surface area contributed by atoms with Crippen molar-refractivity contribution in [2.24, 2.45) is 5.41 Å². The Labute approximate surface area is 92.4 Å². The lowest BCUT2D eigenvalue weighted by Gasteiger charge is -2.21. The van der Waals surface area contributed by atoms with E-state index in [-0.39, 0.29) is 0 Å². The summed E-state index contributed by atoms with van der Waals surface area (Å²) in [5, 5.41) is 0. The SMILES string of the molecule is C=CCCC(C)(C)CC=C(Br)Br. The van der Waals surface area contributed by atoms with Crippen molar-refractivity contribution in [1.29, 1.82) is 0 Å². The maximum absolute atomic E-state index is 3.73. The minimum Gasteiger partial charge on any atom is -0.103 e. The molecule has 0 radical (unpaired) electrons. The van der Waals surface area contributed by atoms with Crippen LogP contribution in [0.3, 0.4) is 0 Å². The highest BCUT2D eigenvalue weighted by Gasteiger charge is 2.14. The van der Waals surface area contributed by atoms with Gasteiger partial charge >= 0.3 is 0 Å². The lowest BCUT2D eigenvalue weighted by Crippen LogP contribution is -2.08. The lowest BCUT2D eigenvalue weighted by molar-refractivity contribution is 0.343. The summed E-state index contributed by atoms with van der Waals surface area (Å²) in [5.41, 5.74) is 0.376. The molecule has 0 saturated carbocycles. The second-order valence-corrected chi connectivity index (χ2v) is 6.46. The van der Waals surface area contributed by atoms with Crippen LogP contribution in [0, 0.1) is 5.41 Å². The van der Waals surface area contributed by atoms with Crippen LogP contribution >= 0.6 is 31.9 Å². The number of halogens is 2. The molecule has 0 aromatic rings. The van der Waals surface area contributed by atoms with Gasteiger partial charge in [-0.05, 0) is 56.5 Å². The minimum atomic E-state index is 0.376. The Morgan fingerprint density at radius 2 is 2.00 bits per heavy atom. The molecule has 2 heteroatoms. The Hall–Kier alpha value is 0.440. The van der Waals surface area contributed by atoms with Gasteiger partial charge in [-0.15, -0.1) is 6.58 Å². The van der Waals surface area contributed by atoms with E-state index in [0.29, 0.717) is 5.41 Å². The monoisotopic (exact) mass is 294 g/mol. The summed E-state index contributed by atoms with van der Waals surface area (Å²) in [6.45, 7) is 8.27. The van der Waals surface area contributed by atoms with E-state index in [9.17, 15) is 0 Å². The van der Waals surface area contributed by atoms with Gasteiger partial charge in [0.05, 0.1) is 3.39 Å². The predicted molar refractivity (Wildman–Crippen MR) is 63.8 cm³/mol. The standard InChI is InChI=1S/C10H16Br2/c1-4-5-7-10(2,3)8-6-9(11)12/h4,6H,1,5,7-8H2,2-3H3. The molecule has 70 valence electrons. The van der Waals surface area contributed by atoms with E-state index < -0.39 is 0 Å². The van der Waals surface area contributed by atoms with Crippen molar-refractivity contribution in [3.8, 4) is 0 Å². The zero-order valence-corrected chi connectivity index (χ0v) is 10.9. The number of allylic oxidation sites excluding steroid dienone is 2. The molecule has 0 bridgehead atoms. The lowest BCUT2D eigenvalue weighted by atomic mass is 9.84. The zero-order chi connectivity index (χ0) is 9.61. The van der Waals surface area contributed by atoms with Crippen LogP contribution in [0.1, 0.15) is 33.1 Å². The first-order valence-electron chi connectivity index (χ1n) is 4.10.